The third kappa shape index (κ3) is 2.66. The molecule has 0 aliphatic rings. The molecular formula is C11H16OS. The number of hydrogen-bond acceptors (Lipinski definition) is 2. The first-order chi connectivity index (χ1) is 6.00. The van der Waals surface area contributed by atoms with Crippen LogP contribution in [-0.4, -0.2) is 4.86 Å². The molecule has 72 valence electrons. The third-order valence-electron chi connectivity index (χ3n) is 1.94. The van der Waals surface area contributed by atoms with Crippen molar-refractivity contribution in [2.24, 2.45) is 5.92 Å². The molecule has 0 saturated heterocycles. The summed E-state index contributed by atoms with van der Waals surface area (Å²) in [6.45, 7) is 8.27. The van der Waals surface area contributed by atoms with Gasteiger partial charge in [0.2, 0.25) is 0 Å². The standard InChI is InChI=1S/C11H16OS/c1-7(2)5-11(13)10-6-8(3)12-9(10)4/h6-7H,5H2,1-4H3. The molecule has 0 amide bonds. The Morgan fingerprint density at radius 2 is 2.08 bits per heavy atom. The number of rotatable bonds is 3. The van der Waals surface area contributed by atoms with Crippen molar-refractivity contribution < 1.29 is 4.42 Å². The van der Waals surface area contributed by atoms with Crippen LogP contribution in [0.5, 0.6) is 0 Å². The lowest BCUT2D eigenvalue weighted by molar-refractivity contribution is 0.504. The molecule has 0 aliphatic heterocycles. The summed E-state index contributed by atoms with van der Waals surface area (Å²) in [5.41, 5.74) is 1.11. The molecule has 0 unspecified atom stereocenters. The average molecular weight is 196 g/mol. The molecule has 0 aromatic carbocycles. The lowest BCUT2D eigenvalue weighted by Gasteiger charge is -2.04. The molecule has 1 aromatic rings. The molecule has 0 radical (unpaired) electrons. The van der Waals surface area contributed by atoms with Gasteiger partial charge in [-0.05, 0) is 32.3 Å². The predicted molar refractivity (Wildman–Crippen MR) is 59.3 cm³/mol. The van der Waals surface area contributed by atoms with Crippen LogP contribution in [0.4, 0.5) is 0 Å². The van der Waals surface area contributed by atoms with E-state index in [4.69, 9.17) is 16.6 Å². The smallest absolute Gasteiger partial charge is 0.109 e. The molecule has 1 heterocycles. The van der Waals surface area contributed by atoms with Gasteiger partial charge >= 0.3 is 0 Å². The Morgan fingerprint density at radius 3 is 2.46 bits per heavy atom. The topological polar surface area (TPSA) is 13.1 Å². The summed E-state index contributed by atoms with van der Waals surface area (Å²) < 4.78 is 5.43. The highest BCUT2D eigenvalue weighted by Gasteiger charge is 2.10. The van der Waals surface area contributed by atoms with E-state index in [1.165, 1.54) is 0 Å². The minimum Gasteiger partial charge on any atom is -0.466 e. The zero-order valence-electron chi connectivity index (χ0n) is 8.68. The van der Waals surface area contributed by atoms with Crippen LogP contribution in [0, 0.1) is 19.8 Å². The van der Waals surface area contributed by atoms with Crippen LogP contribution in [0.2, 0.25) is 0 Å². The van der Waals surface area contributed by atoms with Gasteiger partial charge in [0.25, 0.3) is 0 Å². The zero-order valence-corrected chi connectivity index (χ0v) is 9.49. The second-order valence-corrected chi connectivity index (χ2v) is 4.34. The quantitative estimate of drug-likeness (QED) is 0.540. The number of thiocarbonyl (C=S) groups is 1. The van der Waals surface area contributed by atoms with E-state index >= 15 is 0 Å². The van der Waals surface area contributed by atoms with Crippen molar-refractivity contribution in [3.63, 3.8) is 0 Å². The predicted octanol–water partition coefficient (Wildman–Crippen LogP) is 3.66. The Morgan fingerprint density at radius 1 is 1.46 bits per heavy atom. The van der Waals surface area contributed by atoms with Crippen molar-refractivity contribution in [1.82, 2.24) is 0 Å². The number of furan rings is 1. The van der Waals surface area contributed by atoms with E-state index in [1.54, 1.807) is 0 Å². The minimum absolute atomic E-state index is 0.613. The Labute approximate surface area is 85.1 Å². The van der Waals surface area contributed by atoms with Crippen molar-refractivity contribution in [3.8, 4) is 0 Å². The first-order valence-corrected chi connectivity index (χ1v) is 5.01. The van der Waals surface area contributed by atoms with E-state index in [-0.39, 0.29) is 0 Å². The van der Waals surface area contributed by atoms with Gasteiger partial charge in [0.15, 0.2) is 0 Å². The van der Waals surface area contributed by atoms with Gasteiger partial charge in [0.1, 0.15) is 11.5 Å². The molecule has 0 saturated carbocycles. The maximum absolute atomic E-state index is 5.43. The highest BCUT2D eigenvalue weighted by molar-refractivity contribution is 7.80. The van der Waals surface area contributed by atoms with Crippen molar-refractivity contribution in [3.05, 3.63) is 23.2 Å². The summed E-state index contributed by atoms with van der Waals surface area (Å²) in [5, 5.41) is 0. The van der Waals surface area contributed by atoms with E-state index in [0.29, 0.717) is 5.92 Å². The Hall–Kier alpha value is -0.630. The van der Waals surface area contributed by atoms with Gasteiger partial charge < -0.3 is 4.42 Å². The van der Waals surface area contributed by atoms with Gasteiger partial charge in [-0.15, -0.1) is 0 Å². The van der Waals surface area contributed by atoms with Crippen molar-refractivity contribution in [1.29, 1.82) is 0 Å². The molecule has 0 spiro atoms. The van der Waals surface area contributed by atoms with Crippen molar-refractivity contribution in [2.75, 3.05) is 0 Å². The lowest BCUT2D eigenvalue weighted by Crippen LogP contribution is -2.01. The van der Waals surface area contributed by atoms with Crippen LogP contribution in [0.3, 0.4) is 0 Å². The Bertz CT molecular complexity index is 310. The lowest BCUT2D eigenvalue weighted by atomic mass is 10.0. The van der Waals surface area contributed by atoms with Crippen molar-refractivity contribution in [2.45, 2.75) is 34.1 Å². The molecule has 0 bridgehead atoms. The molecule has 1 aromatic heterocycles. The Balaban J connectivity index is 2.82. The summed E-state index contributed by atoms with van der Waals surface area (Å²) in [6, 6.07) is 2.03. The normalized spacial score (nSPS) is 10.8. The molecule has 0 atom stereocenters. The molecule has 0 N–H and O–H groups in total. The molecule has 2 heteroatoms. The molecule has 0 aliphatic carbocycles. The fourth-order valence-electron chi connectivity index (χ4n) is 1.39. The van der Waals surface area contributed by atoms with E-state index < -0.39 is 0 Å². The Kier molecular flexibility index (Phi) is 3.26. The summed E-state index contributed by atoms with van der Waals surface area (Å²) in [4.78, 5) is 1.02. The van der Waals surface area contributed by atoms with Gasteiger partial charge in [0, 0.05) is 10.4 Å². The molecule has 13 heavy (non-hydrogen) atoms. The van der Waals surface area contributed by atoms with Gasteiger partial charge in [-0.1, -0.05) is 26.1 Å². The van der Waals surface area contributed by atoms with Gasteiger partial charge in [-0.25, -0.2) is 0 Å². The average Bonchev–Trinajstić information content (AvgIpc) is 2.28. The number of hydrogen-bond donors (Lipinski definition) is 0. The van der Waals surface area contributed by atoms with Crippen LogP contribution in [0.25, 0.3) is 0 Å². The fourth-order valence-corrected chi connectivity index (χ4v) is 1.92. The first-order valence-electron chi connectivity index (χ1n) is 4.61. The van der Waals surface area contributed by atoms with E-state index in [0.717, 1.165) is 28.4 Å². The first kappa shape index (κ1) is 10.5. The maximum Gasteiger partial charge on any atom is 0.109 e. The summed E-state index contributed by atoms with van der Waals surface area (Å²) in [7, 11) is 0. The van der Waals surface area contributed by atoms with Gasteiger partial charge in [0.05, 0.1) is 0 Å². The van der Waals surface area contributed by atoms with Gasteiger partial charge in [-0.3, -0.25) is 0 Å². The van der Waals surface area contributed by atoms with Crippen LogP contribution >= 0.6 is 12.2 Å². The van der Waals surface area contributed by atoms with Gasteiger partial charge in [-0.2, -0.15) is 0 Å². The van der Waals surface area contributed by atoms with Crippen LogP contribution < -0.4 is 0 Å². The van der Waals surface area contributed by atoms with Crippen LogP contribution in [-0.2, 0) is 0 Å². The molecular weight excluding hydrogens is 180 g/mol. The second kappa shape index (κ2) is 4.05. The monoisotopic (exact) mass is 196 g/mol. The summed E-state index contributed by atoms with van der Waals surface area (Å²) in [6.07, 6.45) is 0.967. The highest BCUT2D eigenvalue weighted by Crippen LogP contribution is 2.18. The van der Waals surface area contributed by atoms with Crippen LogP contribution in [0.15, 0.2) is 10.5 Å². The summed E-state index contributed by atoms with van der Waals surface area (Å²) in [5.74, 6) is 2.50. The fraction of sp³-hybridized carbons (Fsp3) is 0.545. The van der Waals surface area contributed by atoms with E-state index in [9.17, 15) is 0 Å². The molecule has 1 rings (SSSR count). The van der Waals surface area contributed by atoms with E-state index in [1.807, 2.05) is 19.9 Å². The molecule has 0 fully saturated rings. The largest absolute Gasteiger partial charge is 0.466 e. The zero-order chi connectivity index (χ0) is 10.0. The third-order valence-corrected chi connectivity index (χ3v) is 2.32. The highest BCUT2D eigenvalue weighted by atomic mass is 32.1. The number of aryl methyl sites for hydroxylation is 2. The van der Waals surface area contributed by atoms with Crippen LogP contribution in [0.1, 0.15) is 37.4 Å². The minimum atomic E-state index is 0.613. The molecule has 1 nitrogen and oxygen atoms in total. The maximum atomic E-state index is 5.43. The SMILES string of the molecule is Cc1cc(C(=S)CC(C)C)c(C)o1. The van der Waals surface area contributed by atoms with Crippen molar-refractivity contribution >= 4 is 17.1 Å². The van der Waals surface area contributed by atoms with E-state index in [2.05, 4.69) is 13.8 Å². The second-order valence-electron chi connectivity index (χ2n) is 3.85. The summed E-state index contributed by atoms with van der Waals surface area (Å²) >= 11 is 5.34.